The highest BCUT2D eigenvalue weighted by Crippen LogP contribution is 2.19. The molecule has 6 heteroatoms. The molecule has 0 aromatic rings. The molecule has 0 radical (unpaired) electrons. The maximum absolute atomic E-state index is 12.7. The van der Waals surface area contributed by atoms with Crippen LogP contribution in [0.4, 0.5) is 0 Å². The summed E-state index contributed by atoms with van der Waals surface area (Å²) in [5.41, 5.74) is 0. The second-order valence-electron chi connectivity index (χ2n) is 15.0. The fraction of sp³-hybridized carbons (Fsp3) is 0.886. The summed E-state index contributed by atoms with van der Waals surface area (Å²) in [6, 6.07) is 0. The number of nitrogens with one attached hydrogen (secondary N) is 1. The molecule has 0 aromatic carbocycles. The van der Waals surface area contributed by atoms with Gasteiger partial charge in [0, 0.05) is 12.8 Å². The van der Waals surface area contributed by atoms with Crippen molar-refractivity contribution in [2.75, 3.05) is 6.54 Å². The van der Waals surface area contributed by atoms with Gasteiger partial charge in [0.15, 0.2) is 0 Å². The molecule has 1 atom stereocenters. The lowest BCUT2D eigenvalue weighted by Gasteiger charge is -2.18. The van der Waals surface area contributed by atoms with Gasteiger partial charge in [0.1, 0.15) is 12.6 Å². The molecule has 0 rings (SSSR count). The zero-order valence-corrected chi connectivity index (χ0v) is 33.3. The fourth-order valence-corrected chi connectivity index (χ4v) is 6.69. The van der Waals surface area contributed by atoms with Gasteiger partial charge in [-0.15, -0.1) is 0 Å². The predicted molar refractivity (Wildman–Crippen MR) is 213 cm³/mol. The average Bonchev–Trinajstić information content (AvgIpc) is 3.10. The summed E-state index contributed by atoms with van der Waals surface area (Å²) < 4.78 is 6.03. The minimum atomic E-state index is -1.01. The van der Waals surface area contributed by atoms with Gasteiger partial charge >= 0.3 is 11.9 Å². The minimum absolute atomic E-state index is 0.0174. The molecular weight excluding hydrogens is 622 g/mol. The van der Waals surface area contributed by atoms with Gasteiger partial charge in [-0.3, -0.25) is 14.4 Å². The van der Waals surface area contributed by atoms with Gasteiger partial charge in [-0.25, -0.2) is 0 Å². The standard InChI is InChI=1S/C44H83NO5/c1-3-5-7-9-11-13-15-17-18-20-21-23-25-28-32-36-41(37-33-29-27-30-34-38-42(46)45-40-43(47)48)50-44(49)39-35-31-26-24-22-19-16-14-12-10-8-6-4-2/h20-21,41H,3-19,22-40H2,1-2H3,(H,45,46)(H,47,48)/b21-20-. The van der Waals surface area contributed by atoms with E-state index in [0.29, 0.717) is 12.8 Å². The van der Waals surface area contributed by atoms with Gasteiger partial charge in [-0.05, 0) is 64.2 Å². The highest BCUT2D eigenvalue weighted by Gasteiger charge is 2.14. The molecule has 1 unspecified atom stereocenters. The van der Waals surface area contributed by atoms with Crippen LogP contribution >= 0.6 is 0 Å². The highest BCUT2D eigenvalue weighted by atomic mass is 16.5. The number of carboxylic acids is 1. The van der Waals surface area contributed by atoms with Crippen molar-refractivity contribution in [2.24, 2.45) is 0 Å². The first-order valence-corrected chi connectivity index (χ1v) is 21.8. The second-order valence-corrected chi connectivity index (χ2v) is 15.0. The molecule has 294 valence electrons. The number of esters is 1. The Hall–Kier alpha value is -1.85. The van der Waals surface area contributed by atoms with Crippen LogP contribution in [0.2, 0.25) is 0 Å². The molecule has 0 saturated heterocycles. The number of rotatable bonds is 40. The van der Waals surface area contributed by atoms with Crippen LogP contribution in [0.1, 0.15) is 239 Å². The molecule has 0 spiro atoms. The van der Waals surface area contributed by atoms with Crippen LogP contribution in [0.5, 0.6) is 0 Å². The third kappa shape index (κ3) is 38.9. The summed E-state index contributed by atoms with van der Waals surface area (Å²) in [6.45, 7) is 4.24. The number of carbonyl (C=O) groups excluding carboxylic acids is 2. The fourth-order valence-electron chi connectivity index (χ4n) is 6.69. The summed E-state index contributed by atoms with van der Waals surface area (Å²) in [7, 11) is 0. The van der Waals surface area contributed by atoms with E-state index < -0.39 is 5.97 Å². The third-order valence-electron chi connectivity index (χ3n) is 9.94. The Morgan fingerprint density at radius 3 is 1.30 bits per heavy atom. The second kappa shape index (κ2) is 39.9. The van der Waals surface area contributed by atoms with Gasteiger partial charge in [0.25, 0.3) is 0 Å². The first-order valence-electron chi connectivity index (χ1n) is 21.8. The number of carbonyl (C=O) groups is 3. The van der Waals surface area contributed by atoms with Crippen LogP contribution < -0.4 is 5.32 Å². The highest BCUT2D eigenvalue weighted by molar-refractivity contribution is 5.80. The van der Waals surface area contributed by atoms with Crippen molar-refractivity contribution >= 4 is 17.8 Å². The number of ether oxygens (including phenoxy) is 1. The van der Waals surface area contributed by atoms with E-state index in [1.807, 2.05) is 0 Å². The molecule has 50 heavy (non-hydrogen) atoms. The Bertz CT molecular complexity index is 782. The molecule has 0 aliphatic heterocycles. The number of hydrogen-bond donors (Lipinski definition) is 2. The topological polar surface area (TPSA) is 92.7 Å². The van der Waals surface area contributed by atoms with Gasteiger partial charge < -0.3 is 15.2 Å². The van der Waals surface area contributed by atoms with Gasteiger partial charge in [-0.1, -0.05) is 174 Å². The molecule has 0 bridgehead atoms. The summed E-state index contributed by atoms with van der Waals surface area (Å²) in [5.74, 6) is -1.23. The van der Waals surface area contributed by atoms with Crippen molar-refractivity contribution in [2.45, 2.75) is 245 Å². The number of amides is 1. The number of allylic oxidation sites excluding steroid dienone is 2. The minimum Gasteiger partial charge on any atom is -0.480 e. The zero-order valence-electron chi connectivity index (χ0n) is 33.3. The van der Waals surface area contributed by atoms with E-state index in [2.05, 4.69) is 31.3 Å². The molecular formula is C44H83NO5. The number of unbranched alkanes of at least 4 members (excludes halogenated alkanes) is 27. The molecule has 0 heterocycles. The molecule has 0 fully saturated rings. The van der Waals surface area contributed by atoms with E-state index in [-0.39, 0.29) is 24.5 Å². The van der Waals surface area contributed by atoms with E-state index in [9.17, 15) is 14.4 Å². The first kappa shape index (κ1) is 48.1. The van der Waals surface area contributed by atoms with Crippen molar-refractivity contribution in [1.29, 1.82) is 0 Å². The molecule has 0 aliphatic carbocycles. The van der Waals surface area contributed by atoms with E-state index in [1.54, 1.807) is 0 Å². The lowest BCUT2D eigenvalue weighted by Crippen LogP contribution is -2.28. The number of hydrogen-bond acceptors (Lipinski definition) is 4. The van der Waals surface area contributed by atoms with Crippen LogP contribution in [0.25, 0.3) is 0 Å². The Morgan fingerprint density at radius 1 is 0.500 bits per heavy atom. The van der Waals surface area contributed by atoms with Crippen LogP contribution in [-0.2, 0) is 19.1 Å². The van der Waals surface area contributed by atoms with Crippen LogP contribution in [-0.4, -0.2) is 35.6 Å². The van der Waals surface area contributed by atoms with E-state index >= 15 is 0 Å². The Morgan fingerprint density at radius 2 is 0.860 bits per heavy atom. The van der Waals surface area contributed by atoms with Crippen molar-refractivity contribution in [3.8, 4) is 0 Å². The largest absolute Gasteiger partial charge is 0.480 e. The normalized spacial score (nSPS) is 12.0. The zero-order chi connectivity index (χ0) is 36.6. The van der Waals surface area contributed by atoms with E-state index in [4.69, 9.17) is 9.84 Å². The maximum atomic E-state index is 12.7. The lowest BCUT2D eigenvalue weighted by atomic mass is 10.0. The first-order chi connectivity index (χ1) is 24.5. The molecule has 6 nitrogen and oxygen atoms in total. The summed E-state index contributed by atoms with van der Waals surface area (Å²) in [4.78, 5) is 35.0. The van der Waals surface area contributed by atoms with Gasteiger partial charge in [0.05, 0.1) is 0 Å². The van der Waals surface area contributed by atoms with Crippen LogP contribution in [0.15, 0.2) is 12.2 Å². The Balaban J connectivity index is 4.18. The predicted octanol–water partition coefficient (Wildman–Crippen LogP) is 13.3. The Kier molecular flexibility index (Phi) is 38.5. The summed E-state index contributed by atoms with van der Waals surface area (Å²) in [6.07, 6.45) is 46.2. The molecule has 0 aromatic heterocycles. The van der Waals surface area contributed by atoms with Gasteiger partial charge in [0.2, 0.25) is 5.91 Å². The van der Waals surface area contributed by atoms with Crippen LogP contribution in [0, 0.1) is 0 Å². The number of carboxylic acid groups (broad SMARTS) is 1. The van der Waals surface area contributed by atoms with Crippen molar-refractivity contribution in [3.05, 3.63) is 12.2 Å². The lowest BCUT2D eigenvalue weighted by molar-refractivity contribution is -0.150. The summed E-state index contributed by atoms with van der Waals surface area (Å²) in [5, 5.41) is 11.1. The van der Waals surface area contributed by atoms with E-state index in [1.165, 1.54) is 141 Å². The number of aliphatic carboxylic acids is 1. The van der Waals surface area contributed by atoms with E-state index in [0.717, 1.165) is 70.6 Å². The monoisotopic (exact) mass is 706 g/mol. The van der Waals surface area contributed by atoms with Crippen molar-refractivity contribution in [1.82, 2.24) is 5.32 Å². The SMILES string of the molecule is CCCCCCCCCC/C=C\CCCCCC(CCCCCCCC(=O)NCC(=O)O)OC(=O)CCCCCCCCCCCCCCC. The molecule has 0 aliphatic rings. The molecule has 1 amide bonds. The average molecular weight is 706 g/mol. The van der Waals surface area contributed by atoms with Crippen LogP contribution in [0.3, 0.4) is 0 Å². The third-order valence-corrected chi connectivity index (χ3v) is 9.94. The van der Waals surface area contributed by atoms with Crippen molar-refractivity contribution in [3.63, 3.8) is 0 Å². The quantitative estimate of drug-likeness (QED) is 0.0376. The Labute approximate surface area is 310 Å². The van der Waals surface area contributed by atoms with Crippen molar-refractivity contribution < 1.29 is 24.2 Å². The van der Waals surface area contributed by atoms with Gasteiger partial charge in [-0.2, -0.15) is 0 Å². The maximum Gasteiger partial charge on any atom is 0.322 e. The summed E-state index contributed by atoms with van der Waals surface area (Å²) >= 11 is 0. The molecule has 2 N–H and O–H groups in total. The smallest absolute Gasteiger partial charge is 0.322 e. The molecule has 0 saturated carbocycles.